The van der Waals surface area contributed by atoms with Crippen molar-refractivity contribution in [2.45, 2.75) is 19.8 Å². The highest BCUT2D eigenvalue weighted by Crippen LogP contribution is 2.25. The van der Waals surface area contributed by atoms with E-state index in [2.05, 4.69) is 48.3 Å². The van der Waals surface area contributed by atoms with E-state index in [1.165, 1.54) is 22.0 Å². The van der Waals surface area contributed by atoms with Gasteiger partial charge in [-0.3, -0.25) is 4.79 Å². The number of carbonyl (C=O) groups excluding carboxylic acids is 1. The molecule has 0 saturated carbocycles. The number of nitrogens with zero attached hydrogens (tertiary/aromatic N) is 1. The van der Waals surface area contributed by atoms with Gasteiger partial charge in [-0.1, -0.05) is 12.1 Å². The Labute approximate surface area is 113 Å². The summed E-state index contributed by atoms with van der Waals surface area (Å²) in [4.78, 5) is 11.9. The average Bonchev–Trinajstić information content (AvgIpc) is 2.69. The van der Waals surface area contributed by atoms with Crippen molar-refractivity contribution >= 4 is 16.7 Å². The number of hydrogen-bond donors (Lipinski definition) is 1. The first-order valence-corrected chi connectivity index (χ1v) is 6.93. The van der Waals surface area contributed by atoms with Crippen molar-refractivity contribution in [1.29, 1.82) is 0 Å². The second-order valence-electron chi connectivity index (χ2n) is 5.61. The molecule has 1 atom stereocenters. The van der Waals surface area contributed by atoms with Crippen LogP contribution in [0.2, 0.25) is 0 Å². The van der Waals surface area contributed by atoms with Crippen molar-refractivity contribution < 1.29 is 4.79 Å². The molecule has 1 unspecified atom stereocenters. The molecule has 2 heterocycles. The molecular weight excluding hydrogens is 236 g/mol. The van der Waals surface area contributed by atoms with E-state index in [-0.39, 0.29) is 5.92 Å². The lowest BCUT2D eigenvalue weighted by molar-refractivity contribution is -0.123. The number of aromatic nitrogens is 1. The number of Topliss-reactive ketones (excluding diaryl/α,β-unsaturated/α-hetero) is 1. The van der Waals surface area contributed by atoms with Crippen LogP contribution in [0.4, 0.5) is 0 Å². The molecule has 1 N–H and O–H groups in total. The molecule has 1 aliphatic rings. The van der Waals surface area contributed by atoms with Gasteiger partial charge in [0.25, 0.3) is 0 Å². The molecule has 100 valence electrons. The van der Waals surface area contributed by atoms with E-state index in [1.54, 1.807) is 0 Å². The summed E-state index contributed by atoms with van der Waals surface area (Å²) in [7, 11) is 2.08. The molecule has 0 bridgehead atoms. The van der Waals surface area contributed by atoms with Crippen LogP contribution in [0.25, 0.3) is 10.9 Å². The Morgan fingerprint density at radius 2 is 2.26 bits per heavy atom. The molecule has 0 spiro atoms. The zero-order chi connectivity index (χ0) is 13.4. The predicted molar refractivity (Wildman–Crippen MR) is 77.3 cm³/mol. The van der Waals surface area contributed by atoms with Gasteiger partial charge >= 0.3 is 0 Å². The van der Waals surface area contributed by atoms with Crippen molar-refractivity contribution in [3.8, 4) is 0 Å². The molecule has 1 aromatic carbocycles. The molecule has 2 aromatic rings. The van der Waals surface area contributed by atoms with Crippen LogP contribution >= 0.6 is 0 Å². The van der Waals surface area contributed by atoms with E-state index in [1.807, 2.05) is 0 Å². The highest BCUT2D eigenvalue weighted by atomic mass is 16.1. The van der Waals surface area contributed by atoms with Crippen LogP contribution in [0.3, 0.4) is 0 Å². The quantitative estimate of drug-likeness (QED) is 0.894. The monoisotopic (exact) mass is 256 g/mol. The topological polar surface area (TPSA) is 34.0 Å². The first-order chi connectivity index (χ1) is 9.15. The standard InChI is InChI=1S/C16H20N2O/c1-11-3-4-14-13(10-18(2)15(14)7-11)8-12-9-17-6-5-16(12)19/h3-4,7,10,12,17H,5-6,8-9H2,1-2H3. The maximum absolute atomic E-state index is 11.9. The lowest BCUT2D eigenvalue weighted by Crippen LogP contribution is -2.37. The fraction of sp³-hybridized carbons (Fsp3) is 0.438. The van der Waals surface area contributed by atoms with Gasteiger partial charge in [-0.25, -0.2) is 0 Å². The third kappa shape index (κ3) is 2.30. The Morgan fingerprint density at radius 1 is 1.42 bits per heavy atom. The average molecular weight is 256 g/mol. The zero-order valence-corrected chi connectivity index (χ0v) is 11.6. The van der Waals surface area contributed by atoms with Crippen molar-refractivity contribution in [3.05, 3.63) is 35.5 Å². The van der Waals surface area contributed by atoms with Gasteiger partial charge in [0.1, 0.15) is 5.78 Å². The number of carbonyl (C=O) groups is 1. The summed E-state index contributed by atoms with van der Waals surface area (Å²) in [6.07, 6.45) is 3.70. The first-order valence-electron chi connectivity index (χ1n) is 6.93. The van der Waals surface area contributed by atoms with E-state index in [0.717, 1.165) is 19.5 Å². The molecule has 1 fully saturated rings. The van der Waals surface area contributed by atoms with Crippen molar-refractivity contribution in [2.24, 2.45) is 13.0 Å². The van der Waals surface area contributed by atoms with E-state index < -0.39 is 0 Å². The fourth-order valence-corrected chi connectivity index (χ4v) is 3.00. The van der Waals surface area contributed by atoms with E-state index >= 15 is 0 Å². The second-order valence-corrected chi connectivity index (χ2v) is 5.61. The Balaban J connectivity index is 1.94. The number of piperidine rings is 1. The second kappa shape index (κ2) is 4.82. The molecular formula is C16H20N2O. The number of hydrogen-bond acceptors (Lipinski definition) is 2. The lowest BCUT2D eigenvalue weighted by atomic mass is 9.91. The van der Waals surface area contributed by atoms with Crippen LogP contribution in [0, 0.1) is 12.8 Å². The number of ketones is 1. The van der Waals surface area contributed by atoms with Gasteiger partial charge in [0.05, 0.1) is 0 Å². The highest BCUT2D eigenvalue weighted by Gasteiger charge is 2.23. The van der Waals surface area contributed by atoms with E-state index in [0.29, 0.717) is 12.2 Å². The zero-order valence-electron chi connectivity index (χ0n) is 11.6. The van der Waals surface area contributed by atoms with Crippen LogP contribution in [-0.2, 0) is 18.3 Å². The van der Waals surface area contributed by atoms with Gasteiger partial charge in [-0.2, -0.15) is 0 Å². The van der Waals surface area contributed by atoms with Gasteiger partial charge in [-0.05, 0) is 30.5 Å². The number of rotatable bonds is 2. The van der Waals surface area contributed by atoms with Crippen LogP contribution in [0.5, 0.6) is 0 Å². The minimum atomic E-state index is 0.139. The molecule has 1 aromatic heterocycles. The normalized spacial score (nSPS) is 20.1. The molecule has 0 amide bonds. The number of aryl methyl sites for hydroxylation is 2. The number of nitrogens with one attached hydrogen (secondary N) is 1. The van der Waals surface area contributed by atoms with Crippen LogP contribution in [0.1, 0.15) is 17.5 Å². The molecule has 19 heavy (non-hydrogen) atoms. The maximum atomic E-state index is 11.9. The number of benzene rings is 1. The first kappa shape index (κ1) is 12.4. The minimum absolute atomic E-state index is 0.139. The summed E-state index contributed by atoms with van der Waals surface area (Å²) >= 11 is 0. The minimum Gasteiger partial charge on any atom is -0.350 e. The summed E-state index contributed by atoms with van der Waals surface area (Å²) in [6, 6.07) is 6.54. The Hall–Kier alpha value is -1.61. The largest absolute Gasteiger partial charge is 0.350 e. The van der Waals surface area contributed by atoms with Gasteiger partial charge < -0.3 is 9.88 Å². The van der Waals surface area contributed by atoms with Gasteiger partial charge in [0.15, 0.2) is 0 Å². The van der Waals surface area contributed by atoms with Crippen LogP contribution in [-0.4, -0.2) is 23.4 Å². The predicted octanol–water partition coefficient (Wildman–Crippen LogP) is 2.21. The Morgan fingerprint density at radius 3 is 3.05 bits per heavy atom. The third-order valence-electron chi connectivity index (χ3n) is 4.09. The summed E-state index contributed by atoms with van der Waals surface area (Å²) in [5.41, 5.74) is 3.82. The smallest absolute Gasteiger partial charge is 0.138 e. The van der Waals surface area contributed by atoms with Crippen LogP contribution in [0.15, 0.2) is 24.4 Å². The van der Waals surface area contributed by atoms with Gasteiger partial charge in [0.2, 0.25) is 0 Å². The lowest BCUT2D eigenvalue weighted by Gasteiger charge is -2.21. The molecule has 0 radical (unpaired) electrons. The molecule has 1 aliphatic heterocycles. The van der Waals surface area contributed by atoms with Crippen molar-refractivity contribution in [3.63, 3.8) is 0 Å². The maximum Gasteiger partial charge on any atom is 0.138 e. The SMILES string of the molecule is Cc1ccc2c(CC3CNCCC3=O)cn(C)c2c1. The van der Waals surface area contributed by atoms with Gasteiger partial charge in [-0.15, -0.1) is 0 Å². The Bertz CT molecular complexity index is 627. The summed E-state index contributed by atoms with van der Waals surface area (Å²) in [5.74, 6) is 0.545. The Kier molecular flexibility index (Phi) is 3.15. The molecule has 3 rings (SSSR count). The van der Waals surface area contributed by atoms with E-state index in [9.17, 15) is 4.79 Å². The molecule has 0 aliphatic carbocycles. The summed E-state index contributed by atoms with van der Waals surface area (Å²) in [5, 5.41) is 4.61. The van der Waals surface area contributed by atoms with Crippen LogP contribution < -0.4 is 5.32 Å². The van der Waals surface area contributed by atoms with E-state index in [4.69, 9.17) is 0 Å². The molecule has 3 heteroatoms. The van der Waals surface area contributed by atoms with Gasteiger partial charge in [0, 0.05) is 49.6 Å². The fourth-order valence-electron chi connectivity index (χ4n) is 3.00. The summed E-state index contributed by atoms with van der Waals surface area (Å²) < 4.78 is 2.17. The molecule has 1 saturated heterocycles. The molecule has 3 nitrogen and oxygen atoms in total. The van der Waals surface area contributed by atoms with Crippen molar-refractivity contribution in [2.75, 3.05) is 13.1 Å². The number of fused-ring (bicyclic) bond motifs is 1. The van der Waals surface area contributed by atoms with Crippen molar-refractivity contribution in [1.82, 2.24) is 9.88 Å². The third-order valence-corrected chi connectivity index (χ3v) is 4.09. The summed E-state index contributed by atoms with van der Waals surface area (Å²) in [6.45, 7) is 3.77. The highest BCUT2D eigenvalue weighted by molar-refractivity contribution is 5.87.